The summed E-state index contributed by atoms with van der Waals surface area (Å²) in [4.78, 5) is 11.0. The van der Waals surface area contributed by atoms with E-state index in [0.29, 0.717) is 5.92 Å². The van der Waals surface area contributed by atoms with Gasteiger partial charge in [-0.05, 0) is 37.8 Å². The molecular formula is C11H15NO3. The number of carboxylic acids is 1. The molecule has 82 valence electrons. The molecule has 1 heterocycles. The number of aliphatic carboxylic acids is 1. The number of hydrogen-bond acceptors (Lipinski definition) is 3. The Morgan fingerprint density at radius 3 is 2.87 bits per heavy atom. The molecule has 1 aliphatic rings. The zero-order valence-corrected chi connectivity index (χ0v) is 8.64. The fourth-order valence-electron chi connectivity index (χ4n) is 1.73. The first-order valence-electron chi connectivity index (χ1n) is 5.20. The number of hydrogen-bond donors (Lipinski definition) is 2. The van der Waals surface area contributed by atoms with Gasteiger partial charge in [-0.3, -0.25) is 10.1 Å². The van der Waals surface area contributed by atoms with Gasteiger partial charge in [0.05, 0.1) is 12.3 Å². The van der Waals surface area contributed by atoms with Crippen LogP contribution in [-0.2, 0) is 4.79 Å². The maximum absolute atomic E-state index is 11.0. The summed E-state index contributed by atoms with van der Waals surface area (Å²) >= 11 is 0. The first-order chi connectivity index (χ1) is 7.18. The summed E-state index contributed by atoms with van der Waals surface area (Å²) < 4.78 is 5.22. The maximum atomic E-state index is 11.0. The van der Waals surface area contributed by atoms with Gasteiger partial charge in [0.1, 0.15) is 11.8 Å². The number of carbonyl (C=O) groups is 1. The summed E-state index contributed by atoms with van der Waals surface area (Å²) in [7, 11) is 0. The fraction of sp³-hybridized carbons (Fsp3) is 0.545. The second-order valence-electron chi connectivity index (χ2n) is 4.06. The van der Waals surface area contributed by atoms with Crippen molar-refractivity contribution in [3.63, 3.8) is 0 Å². The Kier molecular flexibility index (Phi) is 2.77. The van der Waals surface area contributed by atoms with Gasteiger partial charge in [0.2, 0.25) is 0 Å². The number of rotatable bonds is 5. The van der Waals surface area contributed by atoms with Crippen LogP contribution in [0.1, 0.15) is 31.6 Å². The Morgan fingerprint density at radius 1 is 1.67 bits per heavy atom. The molecule has 1 aromatic heterocycles. The molecular weight excluding hydrogens is 194 g/mol. The molecule has 2 N–H and O–H groups in total. The quantitative estimate of drug-likeness (QED) is 0.776. The summed E-state index contributed by atoms with van der Waals surface area (Å²) in [6.45, 7) is 1.91. The van der Waals surface area contributed by atoms with E-state index in [4.69, 9.17) is 9.52 Å². The number of carboxylic acid groups (broad SMARTS) is 1. The van der Waals surface area contributed by atoms with Crippen molar-refractivity contribution in [2.45, 2.75) is 31.8 Å². The van der Waals surface area contributed by atoms with Crippen LogP contribution in [0, 0.1) is 5.92 Å². The summed E-state index contributed by atoms with van der Waals surface area (Å²) in [5.74, 6) is 0.303. The van der Waals surface area contributed by atoms with Gasteiger partial charge in [-0.25, -0.2) is 0 Å². The minimum absolute atomic E-state index is 0.0540. The molecule has 1 fully saturated rings. The van der Waals surface area contributed by atoms with E-state index in [2.05, 4.69) is 5.32 Å². The molecule has 0 amide bonds. The highest BCUT2D eigenvalue weighted by Gasteiger charge is 2.37. The molecule has 0 bridgehead atoms. The topological polar surface area (TPSA) is 62.5 Å². The molecule has 0 aliphatic heterocycles. The molecule has 4 nitrogen and oxygen atoms in total. The van der Waals surface area contributed by atoms with Crippen molar-refractivity contribution >= 4 is 5.97 Å². The molecule has 1 aromatic rings. The average Bonchev–Trinajstić information content (AvgIpc) is 2.87. The van der Waals surface area contributed by atoms with Gasteiger partial charge < -0.3 is 9.52 Å². The second-order valence-corrected chi connectivity index (χ2v) is 4.06. The molecule has 0 radical (unpaired) electrons. The highest BCUT2D eigenvalue weighted by atomic mass is 16.4. The van der Waals surface area contributed by atoms with Crippen LogP contribution in [0.15, 0.2) is 22.8 Å². The van der Waals surface area contributed by atoms with Gasteiger partial charge >= 0.3 is 5.97 Å². The fourth-order valence-corrected chi connectivity index (χ4v) is 1.73. The normalized spacial score (nSPS) is 19.8. The Bertz CT molecular complexity index is 330. The summed E-state index contributed by atoms with van der Waals surface area (Å²) in [6, 6.07) is 3.16. The Labute approximate surface area is 88.3 Å². The van der Waals surface area contributed by atoms with Gasteiger partial charge in [-0.1, -0.05) is 0 Å². The molecule has 1 unspecified atom stereocenters. The Morgan fingerprint density at radius 2 is 2.40 bits per heavy atom. The van der Waals surface area contributed by atoms with Crippen LogP contribution < -0.4 is 5.32 Å². The monoisotopic (exact) mass is 209 g/mol. The van der Waals surface area contributed by atoms with Crippen molar-refractivity contribution in [2.24, 2.45) is 5.92 Å². The van der Waals surface area contributed by atoms with Gasteiger partial charge in [0, 0.05) is 0 Å². The molecule has 1 aliphatic carbocycles. The number of nitrogens with one attached hydrogen (secondary N) is 1. The molecule has 0 aromatic carbocycles. The lowest BCUT2D eigenvalue weighted by atomic mass is 10.1. The van der Waals surface area contributed by atoms with Crippen molar-refractivity contribution in [2.75, 3.05) is 0 Å². The average molecular weight is 209 g/mol. The standard InChI is InChI=1S/C11H15NO3/c1-7(9-3-2-6-15-9)12-10(11(13)14)8-4-5-8/h2-3,6-8,10,12H,4-5H2,1H3,(H,13,14)/t7-,10?/m0/s1. The summed E-state index contributed by atoms with van der Waals surface area (Å²) in [5.41, 5.74) is 0. The van der Waals surface area contributed by atoms with E-state index in [-0.39, 0.29) is 6.04 Å². The molecule has 0 spiro atoms. The Hall–Kier alpha value is -1.29. The predicted molar refractivity (Wildman–Crippen MR) is 54.4 cm³/mol. The molecule has 2 rings (SSSR count). The van der Waals surface area contributed by atoms with Crippen molar-refractivity contribution in [1.82, 2.24) is 5.32 Å². The third kappa shape index (κ3) is 2.39. The van der Waals surface area contributed by atoms with Crippen LogP contribution in [-0.4, -0.2) is 17.1 Å². The van der Waals surface area contributed by atoms with E-state index >= 15 is 0 Å². The largest absolute Gasteiger partial charge is 0.480 e. The lowest BCUT2D eigenvalue weighted by Crippen LogP contribution is -2.39. The van der Waals surface area contributed by atoms with Crippen molar-refractivity contribution in [1.29, 1.82) is 0 Å². The van der Waals surface area contributed by atoms with Crippen LogP contribution in [0.3, 0.4) is 0 Å². The van der Waals surface area contributed by atoms with E-state index < -0.39 is 12.0 Å². The van der Waals surface area contributed by atoms with Gasteiger partial charge in [0.25, 0.3) is 0 Å². The SMILES string of the molecule is C[C@H](NC(C(=O)O)C1CC1)c1ccco1. The maximum Gasteiger partial charge on any atom is 0.321 e. The lowest BCUT2D eigenvalue weighted by Gasteiger charge is -2.18. The van der Waals surface area contributed by atoms with E-state index in [1.807, 2.05) is 13.0 Å². The van der Waals surface area contributed by atoms with E-state index in [1.54, 1.807) is 12.3 Å². The second kappa shape index (κ2) is 4.06. The van der Waals surface area contributed by atoms with Crippen LogP contribution in [0.5, 0.6) is 0 Å². The highest BCUT2D eigenvalue weighted by Crippen LogP contribution is 2.33. The van der Waals surface area contributed by atoms with Gasteiger partial charge in [-0.2, -0.15) is 0 Å². The smallest absolute Gasteiger partial charge is 0.321 e. The summed E-state index contributed by atoms with van der Waals surface area (Å²) in [5, 5.41) is 12.1. The third-order valence-corrected chi connectivity index (χ3v) is 2.76. The zero-order chi connectivity index (χ0) is 10.8. The zero-order valence-electron chi connectivity index (χ0n) is 8.64. The van der Waals surface area contributed by atoms with Crippen LogP contribution in [0.2, 0.25) is 0 Å². The third-order valence-electron chi connectivity index (χ3n) is 2.76. The summed E-state index contributed by atoms with van der Waals surface area (Å²) in [6.07, 6.45) is 3.62. The molecule has 4 heteroatoms. The van der Waals surface area contributed by atoms with Gasteiger partial charge in [-0.15, -0.1) is 0 Å². The predicted octanol–water partition coefficient (Wildman–Crippen LogP) is 1.79. The van der Waals surface area contributed by atoms with Crippen LogP contribution in [0.4, 0.5) is 0 Å². The van der Waals surface area contributed by atoms with E-state index in [1.165, 1.54) is 0 Å². The van der Waals surface area contributed by atoms with E-state index in [0.717, 1.165) is 18.6 Å². The van der Waals surface area contributed by atoms with Crippen LogP contribution >= 0.6 is 0 Å². The number of furan rings is 1. The molecule has 2 atom stereocenters. The van der Waals surface area contributed by atoms with Crippen molar-refractivity contribution in [3.05, 3.63) is 24.2 Å². The minimum Gasteiger partial charge on any atom is -0.480 e. The minimum atomic E-state index is -0.768. The molecule has 1 saturated carbocycles. The first-order valence-corrected chi connectivity index (χ1v) is 5.20. The molecule has 15 heavy (non-hydrogen) atoms. The van der Waals surface area contributed by atoms with Gasteiger partial charge in [0.15, 0.2) is 0 Å². The first kappa shape index (κ1) is 10.2. The van der Waals surface area contributed by atoms with Crippen molar-refractivity contribution in [3.8, 4) is 0 Å². The highest BCUT2D eigenvalue weighted by molar-refractivity contribution is 5.74. The molecule has 0 saturated heterocycles. The van der Waals surface area contributed by atoms with Crippen molar-refractivity contribution < 1.29 is 14.3 Å². The Balaban J connectivity index is 1.97. The van der Waals surface area contributed by atoms with E-state index in [9.17, 15) is 4.79 Å². The van der Waals surface area contributed by atoms with Crippen LogP contribution in [0.25, 0.3) is 0 Å². The lowest BCUT2D eigenvalue weighted by molar-refractivity contribution is -0.140.